The third kappa shape index (κ3) is 11.5. The molecule has 4 N–H and O–H groups in total. The Hall–Kier alpha value is -1.56. The van der Waals surface area contributed by atoms with Gasteiger partial charge in [-0.2, -0.15) is 26.3 Å². The second kappa shape index (κ2) is 8.58. The van der Waals surface area contributed by atoms with Crippen LogP contribution < -0.4 is 10.6 Å². The van der Waals surface area contributed by atoms with Crippen LogP contribution in [-0.4, -0.2) is 60.7 Å². The number of carboxylic acid groups (broad SMARTS) is 2. The van der Waals surface area contributed by atoms with Gasteiger partial charge in [-0.05, 0) is 7.05 Å². The Bertz CT molecular complexity index is 286. The molecule has 1 aliphatic rings. The average molecular weight is 314 g/mol. The molecule has 0 aromatic rings. The summed E-state index contributed by atoms with van der Waals surface area (Å²) in [6.45, 7) is 2.30. The van der Waals surface area contributed by atoms with Gasteiger partial charge in [0.15, 0.2) is 0 Å². The number of alkyl halides is 6. The Labute approximate surface area is 108 Å². The summed E-state index contributed by atoms with van der Waals surface area (Å²) in [5, 5.41) is 20.5. The molecule has 1 aliphatic heterocycles. The van der Waals surface area contributed by atoms with E-state index in [0.717, 1.165) is 19.1 Å². The van der Waals surface area contributed by atoms with Gasteiger partial charge in [-0.25, -0.2) is 9.59 Å². The minimum absolute atomic E-state index is 0.755. The largest absolute Gasteiger partial charge is 0.490 e. The van der Waals surface area contributed by atoms with Crippen molar-refractivity contribution in [2.75, 3.05) is 20.1 Å². The number of aliphatic carboxylic acids is 2. The van der Waals surface area contributed by atoms with E-state index in [4.69, 9.17) is 19.8 Å². The lowest BCUT2D eigenvalue weighted by Gasteiger charge is -2.25. The monoisotopic (exact) mass is 314 g/mol. The highest BCUT2D eigenvalue weighted by Gasteiger charge is 2.38. The van der Waals surface area contributed by atoms with E-state index in [0.29, 0.717) is 0 Å². The molecule has 1 heterocycles. The Kier molecular flexibility index (Phi) is 8.90. The summed E-state index contributed by atoms with van der Waals surface area (Å²) in [5.74, 6) is -5.51. The lowest BCUT2D eigenvalue weighted by molar-refractivity contribution is -0.193. The Balaban J connectivity index is 0. The standard InChI is InChI=1S/C4H10N2.2C2HF3O2/c1-5-4-2-6-3-4;2*3-2(4,5)1(6)7/h4-6H,2-3H2,1H3;2*(H,6,7). The molecule has 20 heavy (non-hydrogen) atoms. The van der Waals surface area contributed by atoms with Crippen LogP contribution in [0.4, 0.5) is 26.3 Å². The maximum atomic E-state index is 10.6. The van der Waals surface area contributed by atoms with E-state index in [1.54, 1.807) is 0 Å². The van der Waals surface area contributed by atoms with Crippen molar-refractivity contribution in [1.29, 1.82) is 0 Å². The first-order valence-electron chi connectivity index (χ1n) is 4.80. The summed E-state index contributed by atoms with van der Waals surface area (Å²) < 4.78 is 63.5. The second-order valence-electron chi connectivity index (χ2n) is 3.25. The highest BCUT2D eigenvalue weighted by atomic mass is 19.4. The van der Waals surface area contributed by atoms with Crippen molar-refractivity contribution in [2.45, 2.75) is 18.4 Å². The number of rotatable bonds is 1. The Morgan fingerprint density at radius 2 is 1.25 bits per heavy atom. The smallest absolute Gasteiger partial charge is 0.475 e. The van der Waals surface area contributed by atoms with Gasteiger partial charge in [0.05, 0.1) is 0 Å². The van der Waals surface area contributed by atoms with Crippen molar-refractivity contribution in [3.63, 3.8) is 0 Å². The molecule has 0 amide bonds. The van der Waals surface area contributed by atoms with Crippen LogP contribution in [-0.2, 0) is 9.59 Å². The molecule has 0 spiro atoms. The van der Waals surface area contributed by atoms with Crippen LogP contribution in [0.2, 0.25) is 0 Å². The topological polar surface area (TPSA) is 98.7 Å². The van der Waals surface area contributed by atoms with Crippen LogP contribution in [0.3, 0.4) is 0 Å². The molecule has 1 fully saturated rings. The van der Waals surface area contributed by atoms with Gasteiger partial charge in [0.25, 0.3) is 0 Å². The number of nitrogens with one attached hydrogen (secondary N) is 2. The minimum atomic E-state index is -5.08. The third-order valence-electron chi connectivity index (χ3n) is 1.67. The normalized spacial score (nSPS) is 14.9. The zero-order valence-electron chi connectivity index (χ0n) is 9.97. The van der Waals surface area contributed by atoms with Crippen LogP contribution in [0.25, 0.3) is 0 Å². The van der Waals surface area contributed by atoms with Gasteiger partial charge < -0.3 is 20.8 Å². The van der Waals surface area contributed by atoms with Crippen LogP contribution >= 0.6 is 0 Å². The zero-order valence-corrected chi connectivity index (χ0v) is 9.97. The zero-order chi connectivity index (χ0) is 16.6. The first-order chi connectivity index (χ1) is 8.82. The number of likely N-dealkylation sites (N-methyl/N-ethyl adjacent to an activating group) is 1. The lowest BCUT2D eigenvalue weighted by Crippen LogP contribution is -2.54. The van der Waals surface area contributed by atoms with E-state index in [9.17, 15) is 26.3 Å². The van der Waals surface area contributed by atoms with Crippen LogP contribution in [0.1, 0.15) is 0 Å². The summed E-state index contributed by atoms with van der Waals surface area (Å²) in [5.41, 5.74) is 0. The predicted molar refractivity (Wildman–Crippen MR) is 53.1 cm³/mol. The number of halogens is 6. The molecule has 0 unspecified atom stereocenters. The summed E-state index contributed by atoms with van der Waals surface area (Å²) in [6, 6.07) is 0.755. The van der Waals surface area contributed by atoms with Gasteiger partial charge in [0, 0.05) is 19.1 Å². The van der Waals surface area contributed by atoms with Gasteiger partial charge in [-0.15, -0.1) is 0 Å². The van der Waals surface area contributed by atoms with Crippen molar-refractivity contribution in [3.05, 3.63) is 0 Å². The van der Waals surface area contributed by atoms with Crippen LogP contribution in [0, 0.1) is 0 Å². The van der Waals surface area contributed by atoms with Crippen molar-refractivity contribution in [2.24, 2.45) is 0 Å². The molecule has 0 bridgehead atoms. The fraction of sp³-hybridized carbons (Fsp3) is 0.750. The van der Waals surface area contributed by atoms with E-state index >= 15 is 0 Å². The van der Waals surface area contributed by atoms with E-state index in [1.807, 2.05) is 7.05 Å². The highest BCUT2D eigenvalue weighted by molar-refractivity contribution is 5.73. The summed E-state index contributed by atoms with van der Waals surface area (Å²) in [4.78, 5) is 17.8. The summed E-state index contributed by atoms with van der Waals surface area (Å²) in [7, 11) is 1.99. The van der Waals surface area contributed by atoms with Gasteiger partial charge in [0.2, 0.25) is 0 Å². The maximum Gasteiger partial charge on any atom is 0.490 e. The van der Waals surface area contributed by atoms with E-state index in [-0.39, 0.29) is 0 Å². The van der Waals surface area contributed by atoms with Crippen LogP contribution in [0.5, 0.6) is 0 Å². The average Bonchev–Trinajstić information content (AvgIpc) is 2.14. The molecule has 0 aliphatic carbocycles. The van der Waals surface area contributed by atoms with E-state index in [2.05, 4.69) is 10.6 Å². The van der Waals surface area contributed by atoms with Gasteiger partial charge in [0.1, 0.15) is 0 Å². The fourth-order valence-electron chi connectivity index (χ4n) is 0.493. The first-order valence-corrected chi connectivity index (χ1v) is 4.80. The number of carbonyl (C=O) groups is 2. The SMILES string of the molecule is CNC1CNC1.O=C(O)C(F)(F)F.O=C(O)C(F)(F)F. The molecule has 120 valence electrons. The molecule has 12 heteroatoms. The Morgan fingerprint density at radius 1 is 1.00 bits per heavy atom. The molecule has 0 radical (unpaired) electrons. The van der Waals surface area contributed by atoms with E-state index < -0.39 is 24.3 Å². The van der Waals surface area contributed by atoms with Gasteiger partial charge in [-0.1, -0.05) is 0 Å². The first kappa shape index (κ1) is 20.8. The van der Waals surface area contributed by atoms with Crippen molar-refractivity contribution >= 4 is 11.9 Å². The third-order valence-corrected chi connectivity index (χ3v) is 1.67. The molecule has 0 aromatic carbocycles. The summed E-state index contributed by atoms with van der Waals surface area (Å²) in [6.07, 6.45) is -10.2. The number of hydrogen-bond donors (Lipinski definition) is 4. The molecule has 0 aromatic heterocycles. The molecule has 1 saturated heterocycles. The second-order valence-corrected chi connectivity index (χ2v) is 3.25. The Morgan fingerprint density at radius 3 is 1.25 bits per heavy atom. The van der Waals surface area contributed by atoms with Gasteiger partial charge in [-0.3, -0.25) is 0 Å². The molecule has 1 rings (SSSR count). The molecule has 0 saturated carbocycles. The van der Waals surface area contributed by atoms with Gasteiger partial charge >= 0.3 is 24.3 Å². The number of carboxylic acids is 2. The minimum Gasteiger partial charge on any atom is -0.475 e. The predicted octanol–water partition coefficient (Wildman–Crippen LogP) is 0.444. The summed E-state index contributed by atoms with van der Waals surface area (Å²) >= 11 is 0. The van der Waals surface area contributed by atoms with Crippen molar-refractivity contribution < 1.29 is 46.1 Å². The lowest BCUT2D eigenvalue weighted by atomic mass is 10.2. The molecule has 6 nitrogen and oxygen atoms in total. The van der Waals surface area contributed by atoms with Crippen LogP contribution in [0.15, 0.2) is 0 Å². The highest BCUT2D eigenvalue weighted by Crippen LogP contribution is 2.13. The molecular formula is C8H12F6N2O4. The quantitative estimate of drug-likeness (QED) is 0.524. The van der Waals surface area contributed by atoms with Crippen molar-refractivity contribution in [1.82, 2.24) is 10.6 Å². The maximum absolute atomic E-state index is 10.6. The molecular weight excluding hydrogens is 302 g/mol. The van der Waals surface area contributed by atoms with Crippen molar-refractivity contribution in [3.8, 4) is 0 Å². The number of hydrogen-bond acceptors (Lipinski definition) is 4. The van der Waals surface area contributed by atoms with E-state index in [1.165, 1.54) is 0 Å². The fourth-order valence-corrected chi connectivity index (χ4v) is 0.493. The molecule has 0 atom stereocenters.